The molecule has 4 nitrogen and oxygen atoms in total. The van der Waals surface area contributed by atoms with Gasteiger partial charge >= 0.3 is 0 Å². The lowest BCUT2D eigenvalue weighted by molar-refractivity contribution is -0.120. The molecule has 0 heterocycles. The maximum atomic E-state index is 12.2. The molecule has 4 heteroatoms. The van der Waals surface area contributed by atoms with Crippen molar-refractivity contribution in [1.29, 1.82) is 0 Å². The minimum Gasteiger partial charge on any atom is -0.359 e. The monoisotopic (exact) mass is 338 g/mol. The molecular weight excluding hydrogens is 312 g/mol. The zero-order chi connectivity index (χ0) is 18.1. The van der Waals surface area contributed by atoms with Crippen molar-refractivity contribution < 1.29 is 9.59 Å². The number of hydrogen-bond acceptors (Lipinski definition) is 2. The SMILES string of the molecule is CCCCc1ccc(CC(=O)Nc2ccc(CC(=O)NC)cc2)cc1. The molecule has 2 N–H and O–H groups in total. The smallest absolute Gasteiger partial charge is 0.228 e. The molecule has 0 spiro atoms. The molecular formula is C21H26N2O2. The highest BCUT2D eigenvalue weighted by Crippen LogP contribution is 2.12. The van der Waals surface area contributed by atoms with Gasteiger partial charge in [0.05, 0.1) is 12.8 Å². The highest BCUT2D eigenvalue weighted by Gasteiger charge is 2.06. The van der Waals surface area contributed by atoms with Crippen molar-refractivity contribution in [3.8, 4) is 0 Å². The van der Waals surface area contributed by atoms with Gasteiger partial charge in [-0.3, -0.25) is 9.59 Å². The second-order valence-corrected chi connectivity index (χ2v) is 6.19. The Morgan fingerprint density at radius 1 is 0.800 bits per heavy atom. The van der Waals surface area contributed by atoms with Crippen molar-refractivity contribution in [2.45, 2.75) is 39.0 Å². The molecule has 25 heavy (non-hydrogen) atoms. The van der Waals surface area contributed by atoms with Gasteiger partial charge in [-0.1, -0.05) is 49.7 Å². The largest absolute Gasteiger partial charge is 0.359 e. The number of amides is 2. The molecule has 0 saturated carbocycles. The van der Waals surface area contributed by atoms with Gasteiger partial charge in [-0.2, -0.15) is 0 Å². The van der Waals surface area contributed by atoms with E-state index in [1.807, 2.05) is 36.4 Å². The van der Waals surface area contributed by atoms with Crippen LogP contribution in [0.2, 0.25) is 0 Å². The van der Waals surface area contributed by atoms with E-state index in [9.17, 15) is 9.59 Å². The van der Waals surface area contributed by atoms with Gasteiger partial charge in [-0.25, -0.2) is 0 Å². The van der Waals surface area contributed by atoms with E-state index in [0.29, 0.717) is 12.8 Å². The Balaban J connectivity index is 1.86. The van der Waals surface area contributed by atoms with E-state index in [2.05, 4.69) is 29.7 Å². The number of nitrogens with one attached hydrogen (secondary N) is 2. The fourth-order valence-corrected chi connectivity index (χ4v) is 2.57. The number of hydrogen-bond donors (Lipinski definition) is 2. The van der Waals surface area contributed by atoms with Gasteiger partial charge in [0.1, 0.15) is 0 Å². The molecule has 0 aliphatic rings. The van der Waals surface area contributed by atoms with E-state index in [4.69, 9.17) is 0 Å². The number of unbranched alkanes of at least 4 members (excludes halogenated alkanes) is 1. The molecule has 2 amide bonds. The van der Waals surface area contributed by atoms with Gasteiger partial charge in [0.25, 0.3) is 0 Å². The summed E-state index contributed by atoms with van der Waals surface area (Å²) in [6.07, 6.45) is 4.16. The fourth-order valence-electron chi connectivity index (χ4n) is 2.57. The highest BCUT2D eigenvalue weighted by atomic mass is 16.2. The van der Waals surface area contributed by atoms with Crippen molar-refractivity contribution in [2.75, 3.05) is 12.4 Å². The van der Waals surface area contributed by atoms with Gasteiger partial charge < -0.3 is 10.6 Å². The van der Waals surface area contributed by atoms with Crippen molar-refractivity contribution >= 4 is 17.5 Å². The van der Waals surface area contributed by atoms with Crippen LogP contribution >= 0.6 is 0 Å². The summed E-state index contributed by atoms with van der Waals surface area (Å²) in [4.78, 5) is 23.5. The Morgan fingerprint density at radius 3 is 1.88 bits per heavy atom. The first-order valence-electron chi connectivity index (χ1n) is 8.78. The summed E-state index contributed by atoms with van der Waals surface area (Å²) in [7, 11) is 1.62. The molecule has 2 aromatic carbocycles. The first-order valence-corrected chi connectivity index (χ1v) is 8.78. The lowest BCUT2D eigenvalue weighted by atomic mass is 10.0. The predicted octanol–water partition coefficient (Wildman–Crippen LogP) is 3.50. The highest BCUT2D eigenvalue weighted by molar-refractivity contribution is 5.92. The van der Waals surface area contributed by atoms with Crippen molar-refractivity contribution in [2.24, 2.45) is 0 Å². The number of rotatable bonds is 8. The van der Waals surface area contributed by atoms with E-state index in [0.717, 1.165) is 23.2 Å². The molecule has 0 fully saturated rings. The summed E-state index contributed by atoms with van der Waals surface area (Å²) < 4.78 is 0. The maximum Gasteiger partial charge on any atom is 0.228 e. The van der Waals surface area contributed by atoms with Crippen LogP contribution in [-0.4, -0.2) is 18.9 Å². The van der Waals surface area contributed by atoms with Crippen LogP contribution in [0.4, 0.5) is 5.69 Å². The molecule has 0 unspecified atom stereocenters. The Morgan fingerprint density at radius 2 is 1.32 bits per heavy atom. The van der Waals surface area contributed by atoms with Crippen LogP contribution in [-0.2, 0) is 28.9 Å². The van der Waals surface area contributed by atoms with Crippen LogP contribution in [0.15, 0.2) is 48.5 Å². The molecule has 0 atom stereocenters. The number of carbonyl (C=O) groups is 2. The Kier molecular flexibility index (Phi) is 7.20. The second-order valence-electron chi connectivity index (χ2n) is 6.19. The van der Waals surface area contributed by atoms with E-state index in [-0.39, 0.29) is 11.8 Å². The van der Waals surface area contributed by atoms with Crippen molar-refractivity contribution in [1.82, 2.24) is 5.32 Å². The van der Waals surface area contributed by atoms with Crippen LogP contribution in [0, 0.1) is 0 Å². The minimum absolute atomic E-state index is 0.0285. The Hall–Kier alpha value is -2.62. The van der Waals surface area contributed by atoms with Gasteiger partial charge in [0.15, 0.2) is 0 Å². The normalized spacial score (nSPS) is 10.3. The summed E-state index contributed by atoms with van der Waals surface area (Å²) in [6, 6.07) is 15.6. The number of benzene rings is 2. The summed E-state index contributed by atoms with van der Waals surface area (Å²) >= 11 is 0. The van der Waals surface area contributed by atoms with Crippen LogP contribution in [0.1, 0.15) is 36.5 Å². The van der Waals surface area contributed by atoms with E-state index < -0.39 is 0 Å². The third-order valence-corrected chi connectivity index (χ3v) is 4.09. The number of likely N-dealkylation sites (N-methyl/N-ethyl adjacent to an activating group) is 1. The molecule has 2 aromatic rings. The molecule has 0 bridgehead atoms. The van der Waals surface area contributed by atoms with Crippen LogP contribution in [0.5, 0.6) is 0 Å². The Bertz CT molecular complexity index is 691. The van der Waals surface area contributed by atoms with Crippen molar-refractivity contribution in [3.05, 3.63) is 65.2 Å². The van der Waals surface area contributed by atoms with Gasteiger partial charge in [-0.15, -0.1) is 0 Å². The first kappa shape index (κ1) is 18.7. The van der Waals surface area contributed by atoms with Crippen molar-refractivity contribution in [3.63, 3.8) is 0 Å². The summed E-state index contributed by atoms with van der Waals surface area (Å²) in [5.74, 6) is -0.0699. The lowest BCUT2D eigenvalue weighted by Crippen LogP contribution is -2.20. The third kappa shape index (κ3) is 6.42. The standard InChI is InChI=1S/C21H26N2O2/c1-3-4-5-16-6-8-17(9-7-16)15-21(25)23-19-12-10-18(11-13-19)14-20(24)22-2/h6-13H,3-5,14-15H2,1-2H3,(H,22,24)(H,23,25). The summed E-state index contributed by atoms with van der Waals surface area (Å²) in [6.45, 7) is 2.18. The van der Waals surface area contributed by atoms with Gasteiger partial charge in [-0.05, 0) is 41.7 Å². The third-order valence-electron chi connectivity index (χ3n) is 4.09. The first-order chi connectivity index (χ1) is 12.1. The average molecular weight is 338 g/mol. The van der Waals surface area contributed by atoms with E-state index >= 15 is 0 Å². The Labute approximate surface area is 149 Å². The van der Waals surface area contributed by atoms with E-state index in [1.165, 1.54) is 18.4 Å². The quantitative estimate of drug-likeness (QED) is 0.774. The molecule has 0 aromatic heterocycles. The molecule has 132 valence electrons. The zero-order valence-electron chi connectivity index (χ0n) is 15.0. The summed E-state index contributed by atoms with van der Waals surface area (Å²) in [5, 5.41) is 5.49. The fraction of sp³-hybridized carbons (Fsp3) is 0.333. The van der Waals surface area contributed by atoms with Crippen LogP contribution in [0.3, 0.4) is 0 Å². The molecule has 2 rings (SSSR count). The number of anilines is 1. The topological polar surface area (TPSA) is 58.2 Å². The van der Waals surface area contributed by atoms with Gasteiger partial charge in [0, 0.05) is 12.7 Å². The predicted molar refractivity (Wildman–Crippen MR) is 102 cm³/mol. The van der Waals surface area contributed by atoms with E-state index in [1.54, 1.807) is 7.05 Å². The molecule has 0 aliphatic heterocycles. The molecule has 0 aliphatic carbocycles. The molecule has 0 saturated heterocycles. The summed E-state index contributed by atoms with van der Waals surface area (Å²) in [5.41, 5.74) is 3.98. The van der Waals surface area contributed by atoms with Crippen LogP contribution < -0.4 is 10.6 Å². The lowest BCUT2D eigenvalue weighted by Gasteiger charge is -2.07. The van der Waals surface area contributed by atoms with Crippen LogP contribution in [0.25, 0.3) is 0 Å². The average Bonchev–Trinajstić information content (AvgIpc) is 2.62. The number of aryl methyl sites for hydroxylation is 1. The second kappa shape index (κ2) is 9.62. The minimum atomic E-state index is -0.0413. The molecule has 0 radical (unpaired) electrons. The zero-order valence-corrected chi connectivity index (χ0v) is 15.0. The maximum absolute atomic E-state index is 12.2. The number of carbonyl (C=O) groups excluding carboxylic acids is 2. The van der Waals surface area contributed by atoms with Gasteiger partial charge in [0.2, 0.25) is 11.8 Å².